The lowest BCUT2D eigenvalue weighted by Gasteiger charge is -2.22. The quantitative estimate of drug-likeness (QED) is 0.804. The summed E-state index contributed by atoms with van der Waals surface area (Å²) in [5, 5.41) is 3.48. The van der Waals surface area contributed by atoms with Crippen LogP contribution in [0.25, 0.3) is 0 Å². The molecule has 0 aromatic carbocycles. The molecule has 4 heteroatoms. The van der Waals surface area contributed by atoms with Crippen molar-refractivity contribution in [3.05, 3.63) is 22.9 Å². The molecule has 0 aliphatic heterocycles. The minimum Gasteiger partial charge on any atom is -0.475 e. The van der Waals surface area contributed by atoms with E-state index in [2.05, 4.69) is 44.1 Å². The van der Waals surface area contributed by atoms with E-state index in [0.29, 0.717) is 19.1 Å². The summed E-state index contributed by atoms with van der Waals surface area (Å²) >= 11 is 0. The van der Waals surface area contributed by atoms with Gasteiger partial charge in [0.25, 0.3) is 0 Å². The highest BCUT2D eigenvalue weighted by Crippen LogP contribution is 2.21. The Morgan fingerprint density at radius 3 is 2.47 bits per heavy atom. The molecule has 4 nitrogen and oxygen atoms in total. The molecule has 1 heterocycles. The Morgan fingerprint density at radius 1 is 1.21 bits per heavy atom. The van der Waals surface area contributed by atoms with E-state index in [9.17, 15) is 0 Å². The van der Waals surface area contributed by atoms with Crippen molar-refractivity contribution >= 4 is 0 Å². The zero-order valence-electron chi connectivity index (χ0n) is 13.0. The largest absolute Gasteiger partial charge is 0.475 e. The Bertz CT molecular complexity index is 411. The molecule has 0 amide bonds. The van der Waals surface area contributed by atoms with Crippen molar-refractivity contribution in [1.29, 1.82) is 0 Å². The molecular formula is C15H26N2O2. The van der Waals surface area contributed by atoms with Crippen molar-refractivity contribution < 1.29 is 9.47 Å². The zero-order valence-corrected chi connectivity index (χ0v) is 13.0. The van der Waals surface area contributed by atoms with Crippen LogP contribution >= 0.6 is 0 Å². The molecule has 0 unspecified atom stereocenters. The number of ether oxygens (including phenoxy) is 2. The minimum absolute atomic E-state index is 0.0706. The summed E-state index contributed by atoms with van der Waals surface area (Å²) in [7, 11) is 1.67. The van der Waals surface area contributed by atoms with E-state index in [-0.39, 0.29) is 5.54 Å². The topological polar surface area (TPSA) is 43.4 Å². The number of nitrogens with zero attached hydrogens (tertiary/aromatic N) is 1. The van der Waals surface area contributed by atoms with Crippen LogP contribution in [0.15, 0.2) is 6.07 Å². The van der Waals surface area contributed by atoms with Crippen LogP contribution in [0.2, 0.25) is 0 Å². The summed E-state index contributed by atoms with van der Waals surface area (Å²) in [6.45, 7) is 12.4. The summed E-state index contributed by atoms with van der Waals surface area (Å²) in [6.07, 6.45) is 0. The number of aromatic nitrogens is 1. The molecule has 19 heavy (non-hydrogen) atoms. The van der Waals surface area contributed by atoms with Gasteiger partial charge in [-0.3, -0.25) is 0 Å². The van der Waals surface area contributed by atoms with Crippen LogP contribution in [-0.2, 0) is 11.3 Å². The van der Waals surface area contributed by atoms with Crippen molar-refractivity contribution in [2.24, 2.45) is 0 Å². The number of aryl methyl sites for hydroxylation is 2. The predicted molar refractivity (Wildman–Crippen MR) is 77.7 cm³/mol. The molecule has 1 N–H and O–H groups in total. The highest BCUT2D eigenvalue weighted by Gasteiger charge is 2.14. The van der Waals surface area contributed by atoms with Crippen LogP contribution in [0.4, 0.5) is 0 Å². The Labute approximate surface area is 116 Å². The van der Waals surface area contributed by atoms with Gasteiger partial charge >= 0.3 is 0 Å². The third-order valence-electron chi connectivity index (χ3n) is 2.76. The first-order chi connectivity index (χ1) is 8.83. The average Bonchev–Trinajstić information content (AvgIpc) is 2.26. The standard InChI is InChI=1S/C15H26N2O2/c1-11-9-12(2)17-14(19-8-7-18-6)13(11)10-16-15(3,4)5/h9,16H,7-8,10H2,1-6H3. The Hall–Kier alpha value is -1.13. The third-order valence-corrected chi connectivity index (χ3v) is 2.76. The lowest BCUT2D eigenvalue weighted by Crippen LogP contribution is -2.35. The van der Waals surface area contributed by atoms with Gasteiger partial charge in [-0.2, -0.15) is 0 Å². The van der Waals surface area contributed by atoms with E-state index in [1.165, 1.54) is 5.56 Å². The fourth-order valence-corrected chi connectivity index (χ4v) is 1.74. The first kappa shape index (κ1) is 15.9. The smallest absolute Gasteiger partial charge is 0.218 e. The van der Waals surface area contributed by atoms with Crippen LogP contribution < -0.4 is 10.1 Å². The highest BCUT2D eigenvalue weighted by atomic mass is 16.5. The monoisotopic (exact) mass is 266 g/mol. The normalized spacial score (nSPS) is 11.7. The first-order valence-corrected chi connectivity index (χ1v) is 6.67. The third kappa shape index (κ3) is 5.57. The van der Waals surface area contributed by atoms with E-state index in [0.717, 1.165) is 17.8 Å². The van der Waals surface area contributed by atoms with Crippen LogP contribution in [0, 0.1) is 13.8 Å². The van der Waals surface area contributed by atoms with Gasteiger partial charge in [0.05, 0.1) is 6.61 Å². The Kier molecular flexibility index (Phi) is 5.76. The number of hydrogen-bond donors (Lipinski definition) is 1. The molecule has 108 valence electrons. The lowest BCUT2D eigenvalue weighted by atomic mass is 10.1. The van der Waals surface area contributed by atoms with Crippen LogP contribution in [0.3, 0.4) is 0 Å². The highest BCUT2D eigenvalue weighted by molar-refractivity contribution is 5.36. The van der Waals surface area contributed by atoms with Gasteiger partial charge < -0.3 is 14.8 Å². The number of pyridine rings is 1. The summed E-state index contributed by atoms with van der Waals surface area (Å²) in [5.41, 5.74) is 3.37. The van der Waals surface area contributed by atoms with Crippen LogP contribution in [0.5, 0.6) is 5.88 Å². The van der Waals surface area contributed by atoms with Gasteiger partial charge in [0, 0.05) is 30.5 Å². The molecule has 0 saturated heterocycles. The van der Waals surface area contributed by atoms with Crippen molar-refractivity contribution in [2.45, 2.75) is 46.7 Å². The van der Waals surface area contributed by atoms with E-state index in [1.54, 1.807) is 7.11 Å². The molecule has 0 spiro atoms. The van der Waals surface area contributed by atoms with Gasteiger partial charge in [0.15, 0.2) is 0 Å². The van der Waals surface area contributed by atoms with Crippen molar-refractivity contribution in [3.63, 3.8) is 0 Å². The van der Waals surface area contributed by atoms with E-state index in [4.69, 9.17) is 9.47 Å². The molecule has 1 aromatic rings. The SMILES string of the molecule is COCCOc1nc(C)cc(C)c1CNC(C)(C)C. The number of rotatable bonds is 6. The van der Waals surface area contributed by atoms with Gasteiger partial charge in [-0.1, -0.05) is 0 Å². The average molecular weight is 266 g/mol. The lowest BCUT2D eigenvalue weighted by molar-refractivity contribution is 0.142. The van der Waals surface area contributed by atoms with E-state index in [1.807, 2.05) is 6.92 Å². The number of methoxy groups -OCH3 is 1. The van der Waals surface area contributed by atoms with Crippen molar-refractivity contribution in [3.8, 4) is 5.88 Å². The first-order valence-electron chi connectivity index (χ1n) is 6.67. The molecule has 1 rings (SSSR count). The Morgan fingerprint density at radius 2 is 1.89 bits per heavy atom. The summed E-state index contributed by atoms with van der Waals surface area (Å²) in [6, 6.07) is 2.09. The summed E-state index contributed by atoms with van der Waals surface area (Å²) in [5.74, 6) is 0.714. The van der Waals surface area contributed by atoms with Gasteiger partial charge in [-0.15, -0.1) is 0 Å². The molecular weight excluding hydrogens is 240 g/mol. The van der Waals surface area contributed by atoms with Gasteiger partial charge in [0.1, 0.15) is 6.61 Å². The maximum Gasteiger partial charge on any atom is 0.218 e. The fraction of sp³-hybridized carbons (Fsp3) is 0.667. The summed E-state index contributed by atoms with van der Waals surface area (Å²) in [4.78, 5) is 4.49. The molecule has 0 saturated carbocycles. The van der Waals surface area contributed by atoms with Gasteiger partial charge in [0.2, 0.25) is 5.88 Å². The second-order valence-corrected chi connectivity index (χ2v) is 5.81. The van der Waals surface area contributed by atoms with Crippen molar-refractivity contribution in [2.75, 3.05) is 20.3 Å². The van der Waals surface area contributed by atoms with Crippen molar-refractivity contribution in [1.82, 2.24) is 10.3 Å². The zero-order chi connectivity index (χ0) is 14.5. The van der Waals surface area contributed by atoms with Gasteiger partial charge in [-0.25, -0.2) is 4.98 Å². The van der Waals surface area contributed by atoms with Gasteiger partial charge in [-0.05, 0) is 46.2 Å². The summed E-state index contributed by atoms with van der Waals surface area (Å²) < 4.78 is 10.7. The second-order valence-electron chi connectivity index (χ2n) is 5.81. The predicted octanol–water partition coefficient (Wildman–Crippen LogP) is 2.61. The maximum absolute atomic E-state index is 5.73. The second kappa shape index (κ2) is 6.87. The number of hydrogen-bond acceptors (Lipinski definition) is 4. The Balaban J connectivity index is 2.86. The number of nitrogens with one attached hydrogen (secondary N) is 1. The maximum atomic E-state index is 5.73. The van der Waals surface area contributed by atoms with E-state index < -0.39 is 0 Å². The van der Waals surface area contributed by atoms with E-state index >= 15 is 0 Å². The molecule has 0 bridgehead atoms. The molecule has 0 aliphatic carbocycles. The van der Waals surface area contributed by atoms with Crippen LogP contribution in [-0.4, -0.2) is 30.8 Å². The molecule has 1 aromatic heterocycles. The minimum atomic E-state index is 0.0706. The molecule has 0 atom stereocenters. The molecule has 0 aliphatic rings. The molecule has 0 radical (unpaired) electrons. The van der Waals surface area contributed by atoms with Crippen LogP contribution in [0.1, 0.15) is 37.6 Å². The molecule has 0 fully saturated rings. The fourth-order valence-electron chi connectivity index (χ4n) is 1.74.